The maximum absolute atomic E-state index is 13.4. The minimum absolute atomic E-state index is 0.123. The van der Waals surface area contributed by atoms with Crippen LogP contribution in [0.15, 0.2) is 39.4 Å². The van der Waals surface area contributed by atoms with Crippen molar-refractivity contribution in [3.8, 4) is 0 Å². The van der Waals surface area contributed by atoms with E-state index in [2.05, 4.69) is 4.98 Å². The molecule has 1 atom stereocenters. The second-order valence-electron chi connectivity index (χ2n) is 8.00. The summed E-state index contributed by atoms with van der Waals surface area (Å²) < 4.78 is 2.58. The predicted molar refractivity (Wildman–Crippen MR) is 120 cm³/mol. The van der Waals surface area contributed by atoms with Gasteiger partial charge in [0.25, 0.3) is 5.56 Å². The minimum Gasteiger partial charge on any atom is -0.297 e. The maximum atomic E-state index is 13.4. The molecule has 1 aliphatic rings. The van der Waals surface area contributed by atoms with Gasteiger partial charge in [-0.15, -0.1) is 11.3 Å². The predicted octanol–water partition coefficient (Wildman–Crippen LogP) is 4.13. The van der Waals surface area contributed by atoms with Crippen LogP contribution in [0.4, 0.5) is 0 Å². The Morgan fingerprint density at radius 3 is 2.73 bits per heavy atom. The molecule has 0 saturated heterocycles. The molecular formula is C22H24ClN3O3S. The van der Waals surface area contributed by atoms with Crippen LogP contribution >= 0.6 is 22.9 Å². The number of carbonyl (C=O) groups excluding carboxylic acids is 1. The molecule has 1 aliphatic carbocycles. The Morgan fingerprint density at radius 2 is 2.03 bits per heavy atom. The van der Waals surface area contributed by atoms with E-state index < -0.39 is 17.3 Å². The van der Waals surface area contributed by atoms with Crippen LogP contribution in [0.1, 0.15) is 49.6 Å². The zero-order valence-electron chi connectivity index (χ0n) is 16.8. The van der Waals surface area contributed by atoms with Crippen molar-refractivity contribution in [1.29, 1.82) is 0 Å². The SMILES string of the molecule is Cn1c(=O)n(C(CC2CCCCC2)C(=O)Cc2nccs2)c(=O)c2cc(Cl)ccc21. The summed E-state index contributed by atoms with van der Waals surface area (Å²) in [7, 11) is 1.62. The number of fused-ring (bicyclic) bond motifs is 1. The van der Waals surface area contributed by atoms with Crippen LogP contribution in [0.25, 0.3) is 10.9 Å². The van der Waals surface area contributed by atoms with Gasteiger partial charge in [0.1, 0.15) is 6.04 Å². The molecular weight excluding hydrogens is 422 g/mol. The van der Waals surface area contributed by atoms with Crippen LogP contribution in [0, 0.1) is 5.92 Å². The minimum atomic E-state index is -0.799. The Bertz CT molecular complexity index is 1180. The second kappa shape index (κ2) is 8.86. The molecule has 4 rings (SSSR count). The molecule has 2 heterocycles. The first-order valence-electron chi connectivity index (χ1n) is 10.3. The van der Waals surface area contributed by atoms with Crippen LogP contribution in [0.3, 0.4) is 0 Å². The molecule has 0 amide bonds. The van der Waals surface area contributed by atoms with E-state index in [9.17, 15) is 14.4 Å². The first kappa shape index (κ1) is 21.0. The van der Waals surface area contributed by atoms with Gasteiger partial charge in [-0.05, 0) is 30.5 Å². The monoisotopic (exact) mass is 445 g/mol. The zero-order valence-corrected chi connectivity index (χ0v) is 18.4. The molecule has 158 valence electrons. The number of hydrogen-bond donors (Lipinski definition) is 0. The Hall–Kier alpha value is -2.25. The summed E-state index contributed by atoms with van der Waals surface area (Å²) >= 11 is 7.52. The van der Waals surface area contributed by atoms with E-state index in [0.717, 1.165) is 30.3 Å². The topological polar surface area (TPSA) is 74.0 Å². The summed E-state index contributed by atoms with van der Waals surface area (Å²) in [6.45, 7) is 0. The first-order chi connectivity index (χ1) is 14.5. The van der Waals surface area contributed by atoms with Crippen molar-refractivity contribution in [2.45, 2.75) is 51.0 Å². The lowest BCUT2D eigenvalue weighted by molar-refractivity contribution is -0.122. The molecule has 1 aromatic carbocycles. The van der Waals surface area contributed by atoms with E-state index in [-0.39, 0.29) is 12.2 Å². The van der Waals surface area contributed by atoms with Crippen molar-refractivity contribution in [2.75, 3.05) is 0 Å². The van der Waals surface area contributed by atoms with Gasteiger partial charge in [-0.3, -0.25) is 14.2 Å². The van der Waals surface area contributed by atoms with E-state index in [4.69, 9.17) is 11.6 Å². The smallest absolute Gasteiger partial charge is 0.297 e. The summed E-state index contributed by atoms with van der Waals surface area (Å²) in [5.41, 5.74) is -0.415. The Kier molecular flexibility index (Phi) is 6.20. The molecule has 0 aliphatic heterocycles. The molecule has 0 bridgehead atoms. The second-order valence-corrected chi connectivity index (χ2v) is 9.42. The van der Waals surface area contributed by atoms with Gasteiger partial charge >= 0.3 is 5.69 Å². The average Bonchev–Trinajstić information content (AvgIpc) is 3.25. The number of aryl methyl sites for hydroxylation is 1. The molecule has 6 nitrogen and oxygen atoms in total. The average molecular weight is 446 g/mol. The number of Topliss-reactive ketones (excluding diaryl/α,β-unsaturated/α-hetero) is 1. The van der Waals surface area contributed by atoms with Gasteiger partial charge in [0, 0.05) is 23.6 Å². The largest absolute Gasteiger partial charge is 0.331 e. The Labute approximate surface area is 183 Å². The van der Waals surface area contributed by atoms with Gasteiger partial charge in [-0.25, -0.2) is 14.3 Å². The molecule has 0 N–H and O–H groups in total. The molecule has 2 aromatic heterocycles. The summed E-state index contributed by atoms with van der Waals surface area (Å²) in [6, 6.07) is 4.09. The van der Waals surface area contributed by atoms with Crippen molar-refractivity contribution in [3.63, 3.8) is 0 Å². The van der Waals surface area contributed by atoms with Gasteiger partial charge in [0.05, 0.1) is 22.3 Å². The van der Waals surface area contributed by atoms with Crippen molar-refractivity contribution >= 4 is 39.6 Å². The van der Waals surface area contributed by atoms with Gasteiger partial charge in [-0.2, -0.15) is 0 Å². The summed E-state index contributed by atoms with van der Waals surface area (Å²) in [5.74, 6) is 0.187. The highest BCUT2D eigenvalue weighted by molar-refractivity contribution is 7.09. The van der Waals surface area contributed by atoms with Crippen LogP contribution < -0.4 is 11.2 Å². The number of rotatable bonds is 6. The Balaban J connectivity index is 1.83. The number of benzene rings is 1. The number of nitrogens with zero attached hydrogens (tertiary/aromatic N) is 3. The van der Waals surface area contributed by atoms with E-state index in [1.54, 1.807) is 31.4 Å². The lowest BCUT2D eigenvalue weighted by atomic mass is 9.83. The van der Waals surface area contributed by atoms with E-state index in [0.29, 0.717) is 33.3 Å². The summed E-state index contributed by atoms with van der Waals surface area (Å²) in [5, 5.41) is 3.28. The van der Waals surface area contributed by atoms with E-state index in [1.165, 1.54) is 22.3 Å². The molecule has 1 fully saturated rings. The van der Waals surface area contributed by atoms with E-state index in [1.807, 2.05) is 5.38 Å². The molecule has 0 spiro atoms. The number of hydrogen-bond acceptors (Lipinski definition) is 5. The highest BCUT2D eigenvalue weighted by Gasteiger charge is 2.30. The molecule has 30 heavy (non-hydrogen) atoms. The lowest BCUT2D eigenvalue weighted by Crippen LogP contribution is -2.44. The fourth-order valence-electron chi connectivity index (χ4n) is 4.45. The molecule has 1 unspecified atom stereocenters. The van der Waals surface area contributed by atoms with Crippen LogP contribution in [0.2, 0.25) is 5.02 Å². The van der Waals surface area contributed by atoms with Gasteiger partial charge < -0.3 is 0 Å². The van der Waals surface area contributed by atoms with Crippen LogP contribution in [0.5, 0.6) is 0 Å². The number of carbonyl (C=O) groups is 1. The standard InChI is InChI=1S/C22H24ClN3O3S/c1-25-17-8-7-15(23)12-16(17)21(28)26(22(25)29)18(11-14-5-3-2-4-6-14)19(27)13-20-24-9-10-30-20/h7-10,12,14,18H,2-6,11,13H2,1H3. The quantitative estimate of drug-likeness (QED) is 0.571. The Morgan fingerprint density at radius 1 is 1.27 bits per heavy atom. The summed E-state index contributed by atoms with van der Waals surface area (Å²) in [6.07, 6.45) is 7.78. The van der Waals surface area contributed by atoms with Crippen molar-refractivity contribution in [2.24, 2.45) is 13.0 Å². The van der Waals surface area contributed by atoms with Crippen molar-refractivity contribution < 1.29 is 4.79 Å². The van der Waals surface area contributed by atoms with Gasteiger partial charge in [-0.1, -0.05) is 43.7 Å². The molecule has 1 saturated carbocycles. The number of aromatic nitrogens is 3. The zero-order chi connectivity index (χ0) is 21.3. The van der Waals surface area contributed by atoms with Crippen LogP contribution in [-0.4, -0.2) is 19.9 Å². The third kappa shape index (κ3) is 4.14. The lowest BCUT2D eigenvalue weighted by Gasteiger charge is -2.27. The molecule has 0 radical (unpaired) electrons. The highest BCUT2D eigenvalue weighted by Crippen LogP contribution is 2.31. The van der Waals surface area contributed by atoms with Gasteiger partial charge in [0.2, 0.25) is 0 Å². The third-order valence-corrected chi connectivity index (χ3v) is 7.05. The number of ketones is 1. The summed E-state index contributed by atoms with van der Waals surface area (Å²) in [4.78, 5) is 44.1. The van der Waals surface area contributed by atoms with E-state index >= 15 is 0 Å². The molecule has 3 aromatic rings. The fraction of sp³-hybridized carbons (Fsp3) is 0.455. The van der Waals surface area contributed by atoms with Crippen LogP contribution in [-0.2, 0) is 18.3 Å². The number of halogens is 1. The number of thiazole rings is 1. The maximum Gasteiger partial charge on any atom is 0.331 e. The first-order valence-corrected chi connectivity index (χ1v) is 11.5. The fourth-order valence-corrected chi connectivity index (χ4v) is 5.25. The highest BCUT2D eigenvalue weighted by atomic mass is 35.5. The van der Waals surface area contributed by atoms with Gasteiger partial charge in [0.15, 0.2) is 5.78 Å². The normalized spacial score (nSPS) is 16.1. The third-order valence-electron chi connectivity index (χ3n) is 6.04. The van der Waals surface area contributed by atoms with Crippen molar-refractivity contribution in [1.82, 2.24) is 14.1 Å². The molecule has 8 heteroatoms. The van der Waals surface area contributed by atoms with Crippen molar-refractivity contribution in [3.05, 3.63) is 60.6 Å².